The molecule has 0 aliphatic carbocycles. The summed E-state index contributed by atoms with van der Waals surface area (Å²) in [5, 5.41) is 2.82. The van der Waals surface area contributed by atoms with Crippen molar-refractivity contribution < 1.29 is 9.59 Å². The molecule has 1 fully saturated rings. The van der Waals surface area contributed by atoms with Gasteiger partial charge in [0.15, 0.2) is 0 Å². The van der Waals surface area contributed by atoms with Crippen molar-refractivity contribution in [3.05, 3.63) is 59.7 Å². The number of nitrogens with zero attached hydrogens (tertiary/aromatic N) is 1. The number of nitrogens with two attached hydrogens (primary N) is 1. The smallest absolute Gasteiger partial charge is 0.245 e. The number of rotatable bonds is 4. The Balaban J connectivity index is 0.00000225. The highest BCUT2D eigenvalue weighted by molar-refractivity contribution is 5.97. The summed E-state index contributed by atoms with van der Waals surface area (Å²) < 4.78 is 0. The molecule has 1 aliphatic heterocycles. The lowest BCUT2D eigenvalue weighted by molar-refractivity contribution is -0.118. The van der Waals surface area contributed by atoms with E-state index in [1.807, 2.05) is 43.3 Å². The highest BCUT2D eigenvalue weighted by Crippen LogP contribution is 2.23. The van der Waals surface area contributed by atoms with Crippen molar-refractivity contribution in [2.24, 2.45) is 5.73 Å². The van der Waals surface area contributed by atoms with Gasteiger partial charge in [-0.1, -0.05) is 29.8 Å². The predicted octanol–water partition coefficient (Wildman–Crippen LogP) is 3.18. The van der Waals surface area contributed by atoms with E-state index >= 15 is 0 Å². The zero-order chi connectivity index (χ0) is 17.1. The van der Waals surface area contributed by atoms with Crippen molar-refractivity contribution in [3.8, 4) is 0 Å². The molecule has 1 saturated heterocycles. The van der Waals surface area contributed by atoms with Crippen LogP contribution in [-0.4, -0.2) is 18.4 Å². The molecule has 3 N–H and O–H groups in total. The van der Waals surface area contributed by atoms with Gasteiger partial charge in [-0.15, -0.1) is 12.4 Å². The highest BCUT2D eigenvalue weighted by atomic mass is 35.5. The van der Waals surface area contributed by atoms with Crippen LogP contribution in [0.25, 0.3) is 0 Å². The summed E-state index contributed by atoms with van der Waals surface area (Å²) in [6.07, 6.45) is 1.49. The zero-order valence-corrected chi connectivity index (χ0v) is 14.9. The first-order valence-electron chi connectivity index (χ1n) is 8.08. The molecule has 1 heterocycles. The van der Waals surface area contributed by atoms with Crippen LogP contribution in [0.2, 0.25) is 0 Å². The normalized spacial score (nSPS) is 14.8. The number of carbonyl (C=O) groups is 2. The van der Waals surface area contributed by atoms with Crippen LogP contribution in [0.1, 0.15) is 30.0 Å². The fourth-order valence-electron chi connectivity index (χ4n) is 2.79. The lowest BCUT2D eigenvalue weighted by atomic mass is 10.1. The van der Waals surface area contributed by atoms with Crippen molar-refractivity contribution in [2.75, 3.05) is 16.8 Å². The molecule has 25 heavy (non-hydrogen) atoms. The second-order valence-corrected chi connectivity index (χ2v) is 6.07. The molecule has 0 aromatic heterocycles. The van der Waals surface area contributed by atoms with Crippen LogP contribution < -0.4 is 16.0 Å². The molecular formula is C19H22ClN3O2. The Morgan fingerprint density at radius 2 is 1.76 bits per heavy atom. The van der Waals surface area contributed by atoms with Gasteiger partial charge in [-0.2, -0.15) is 0 Å². The van der Waals surface area contributed by atoms with E-state index in [0.29, 0.717) is 12.1 Å². The quantitative estimate of drug-likeness (QED) is 0.880. The number of aryl methyl sites for hydroxylation is 1. The number of anilines is 2. The first-order valence-corrected chi connectivity index (χ1v) is 8.08. The summed E-state index contributed by atoms with van der Waals surface area (Å²) in [4.78, 5) is 25.8. The molecule has 2 aromatic carbocycles. The van der Waals surface area contributed by atoms with Crippen LogP contribution in [0.3, 0.4) is 0 Å². The van der Waals surface area contributed by atoms with E-state index in [1.165, 1.54) is 0 Å². The van der Waals surface area contributed by atoms with Gasteiger partial charge in [0.2, 0.25) is 11.8 Å². The molecule has 1 atom stereocenters. The van der Waals surface area contributed by atoms with Gasteiger partial charge in [0.1, 0.15) is 6.04 Å². The molecule has 3 rings (SSSR count). The van der Waals surface area contributed by atoms with Crippen LogP contribution in [-0.2, 0) is 9.59 Å². The third-order valence-electron chi connectivity index (χ3n) is 4.24. The van der Waals surface area contributed by atoms with Gasteiger partial charge in [0, 0.05) is 24.3 Å². The molecule has 2 amide bonds. The maximum Gasteiger partial charge on any atom is 0.245 e. The molecule has 6 heteroatoms. The molecule has 1 unspecified atom stereocenters. The second kappa shape index (κ2) is 8.14. The molecule has 132 valence electrons. The lowest BCUT2D eigenvalue weighted by Crippen LogP contribution is -2.27. The molecule has 5 nitrogen and oxygen atoms in total. The summed E-state index contributed by atoms with van der Waals surface area (Å²) in [5.74, 6) is -0.114. The summed E-state index contributed by atoms with van der Waals surface area (Å²) in [7, 11) is 0. The van der Waals surface area contributed by atoms with Gasteiger partial charge in [0.05, 0.1) is 0 Å². The Bertz CT molecular complexity index is 744. The summed E-state index contributed by atoms with van der Waals surface area (Å²) in [6, 6.07) is 14.1. The molecule has 0 spiro atoms. The van der Waals surface area contributed by atoms with E-state index < -0.39 is 6.04 Å². The zero-order valence-electron chi connectivity index (χ0n) is 14.1. The third-order valence-corrected chi connectivity index (χ3v) is 4.24. The first kappa shape index (κ1) is 19.0. The van der Waals surface area contributed by atoms with E-state index in [0.717, 1.165) is 29.8 Å². The fraction of sp³-hybridized carbons (Fsp3) is 0.263. The van der Waals surface area contributed by atoms with E-state index in [1.54, 1.807) is 17.0 Å². The number of benzene rings is 2. The van der Waals surface area contributed by atoms with Crippen molar-refractivity contribution in [2.45, 2.75) is 25.8 Å². The Morgan fingerprint density at radius 1 is 1.12 bits per heavy atom. The number of carbonyl (C=O) groups excluding carboxylic acids is 2. The van der Waals surface area contributed by atoms with Crippen molar-refractivity contribution in [3.63, 3.8) is 0 Å². The molecule has 0 saturated carbocycles. The fourth-order valence-corrected chi connectivity index (χ4v) is 2.79. The third kappa shape index (κ3) is 4.38. The summed E-state index contributed by atoms with van der Waals surface area (Å²) >= 11 is 0. The van der Waals surface area contributed by atoms with Gasteiger partial charge in [0.25, 0.3) is 0 Å². The number of amides is 2. The molecule has 2 aromatic rings. The van der Waals surface area contributed by atoms with Gasteiger partial charge in [-0.25, -0.2) is 0 Å². The molecule has 0 radical (unpaired) electrons. The van der Waals surface area contributed by atoms with Crippen LogP contribution in [0.5, 0.6) is 0 Å². The maximum absolute atomic E-state index is 12.3. The minimum Gasteiger partial charge on any atom is -0.324 e. The molecule has 0 bridgehead atoms. The van der Waals surface area contributed by atoms with Crippen molar-refractivity contribution in [1.82, 2.24) is 0 Å². The number of hydrogen-bond donors (Lipinski definition) is 2. The van der Waals surface area contributed by atoms with Crippen LogP contribution in [0, 0.1) is 6.92 Å². The SMILES string of the molecule is Cc1ccc(C(N)C(=O)Nc2ccc(N3CCCC3=O)cc2)cc1.Cl. The maximum atomic E-state index is 12.3. The van der Waals surface area contributed by atoms with E-state index in [2.05, 4.69) is 5.32 Å². The van der Waals surface area contributed by atoms with Crippen LogP contribution in [0.4, 0.5) is 11.4 Å². The summed E-state index contributed by atoms with van der Waals surface area (Å²) in [5.41, 5.74) is 9.44. The van der Waals surface area contributed by atoms with Crippen molar-refractivity contribution >= 4 is 35.6 Å². The van der Waals surface area contributed by atoms with Gasteiger partial charge in [-0.3, -0.25) is 9.59 Å². The largest absolute Gasteiger partial charge is 0.324 e. The monoisotopic (exact) mass is 359 g/mol. The average Bonchev–Trinajstić information content (AvgIpc) is 3.01. The van der Waals surface area contributed by atoms with E-state index in [4.69, 9.17) is 5.73 Å². The predicted molar refractivity (Wildman–Crippen MR) is 102 cm³/mol. The number of halogens is 1. The van der Waals surface area contributed by atoms with Crippen LogP contribution in [0.15, 0.2) is 48.5 Å². The Hall–Kier alpha value is -2.37. The minimum atomic E-state index is -0.717. The van der Waals surface area contributed by atoms with Gasteiger partial charge >= 0.3 is 0 Å². The van der Waals surface area contributed by atoms with E-state index in [-0.39, 0.29) is 24.2 Å². The topological polar surface area (TPSA) is 75.4 Å². The van der Waals surface area contributed by atoms with Gasteiger partial charge < -0.3 is 16.0 Å². The van der Waals surface area contributed by atoms with E-state index in [9.17, 15) is 9.59 Å². The standard InChI is InChI=1S/C19H21N3O2.ClH/c1-13-4-6-14(7-5-13)18(20)19(24)21-15-8-10-16(11-9-15)22-12-2-3-17(22)23;/h4-11,18H,2-3,12,20H2,1H3,(H,21,24);1H. The van der Waals surface area contributed by atoms with Crippen LogP contribution >= 0.6 is 12.4 Å². The second-order valence-electron chi connectivity index (χ2n) is 6.07. The van der Waals surface area contributed by atoms with Crippen molar-refractivity contribution in [1.29, 1.82) is 0 Å². The summed E-state index contributed by atoms with van der Waals surface area (Å²) in [6.45, 7) is 2.74. The average molecular weight is 360 g/mol. The van der Waals surface area contributed by atoms with Gasteiger partial charge in [-0.05, 0) is 43.2 Å². The Morgan fingerprint density at radius 3 is 2.32 bits per heavy atom. The number of hydrogen-bond acceptors (Lipinski definition) is 3. The molecular weight excluding hydrogens is 338 g/mol. The highest BCUT2D eigenvalue weighted by Gasteiger charge is 2.21. The minimum absolute atomic E-state index is 0. The Kier molecular flexibility index (Phi) is 6.17. The lowest BCUT2D eigenvalue weighted by Gasteiger charge is -2.17. The number of nitrogens with one attached hydrogen (secondary N) is 1. The molecule has 1 aliphatic rings. The Labute approximate surface area is 153 Å². The first-order chi connectivity index (χ1) is 11.5.